The normalized spacial score (nSPS) is 21.1. The van der Waals surface area contributed by atoms with Crippen LogP contribution in [0.3, 0.4) is 0 Å². The molecule has 4 rings (SSSR count). The van der Waals surface area contributed by atoms with Gasteiger partial charge in [-0.3, -0.25) is 9.59 Å². The highest BCUT2D eigenvalue weighted by Crippen LogP contribution is 2.55. The molecule has 1 fully saturated rings. The molecule has 2 amide bonds. The van der Waals surface area contributed by atoms with Crippen LogP contribution >= 0.6 is 11.6 Å². The summed E-state index contributed by atoms with van der Waals surface area (Å²) in [6.07, 6.45) is -3.41. The quantitative estimate of drug-likeness (QED) is 0.357. The van der Waals surface area contributed by atoms with Crippen molar-refractivity contribution in [2.45, 2.75) is 50.8 Å². The largest absolute Gasteiger partial charge is 0.396 e. The van der Waals surface area contributed by atoms with Crippen molar-refractivity contribution in [3.63, 3.8) is 0 Å². The monoisotopic (exact) mass is 581 g/mol. The van der Waals surface area contributed by atoms with Crippen LogP contribution in [0.15, 0.2) is 30.5 Å². The van der Waals surface area contributed by atoms with Crippen molar-refractivity contribution >= 4 is 40.6 Å². The van der Waals surface area contributed by atoms with Gasteiger partial charge in [0.25, 0.3) is 5.78 Å². The van der Waals surface area contributed by atoms with Gasteiger partial charge in [0.05, 0.1) is 35.0 Å². The van der Waals surface area contributed by atoms with Crippen molar-refractivity contribution in [1.82, 2.24) is 30.2 Å². The number of amides is 2. The highest BCUT2D eigenvalue weighted by Gasteiger charge is 2.59. The zero-order chi connectivity index (χ0) is 29.2. The van der Waals surface area contributed by atoms with Gasteiger partial charge < -0.3 is 20.7 Å². The maximum Gasteiger partial charge on any atom is 0.396 e. The SMILES string of the molecule is CNC(=O)C1CCC(C(=O)NC)([C@H](c2ccc(Nc3cnc4nc(Cl)nn4c3[C@H](C)OC)cc2)C(F)(F)F)CC1. The van der Waals surface area contributed by atoms with Crippen LogP contribution in [-0.4, -0.2) is 58.8 Å². The fraction of sp³-hybridized carbons (Fsp3) is 0.500. The molecule has 14 heteroatoms. The molecule has 0 aliphatic heterocycles. The van der Waals surface area contributed by atoms with E-state index in [0.717, 1.165) is 0 Å². The predicted molar refractivity (Wildman–Crippen MR) is 142 cm³/mol. The standard InChI is InChI=1S/C26H31ClF3N7O3/c1-14(40-4)19-18(13-33-24-35-23(27)36-37(19)24)34-17-7-5-15(6-8-17)20(26(28,29)30)25(22(39)32-3)11-9-16(10-12-25)21(38)31-2/h5-8,13-14,16,20,34H,9-12H2,1-4H3,(H,31,38)(H,32,39)/t14-,16?,20-,25?/m0/s1. The molecule has 2 aromatic heterocycles. The van der Waals surface area contributed by atoms with E-state index in [2.05, 4.69) is 31.0 Å². The van der Waals surface area contributed by atoms with Gasteiger partial charge in [0, 0.05) is 32.8 Å². The van der Waals surface area contributed by atoms with E-state index in [1.807, 2.05) is 0 Å². The van der Waals surface area contributed by atoms with Gasteiger partial charge in [0.15, 0.2) is 0 Å². The summed E-state index contributed by atoms with van der Waals surface area (Å²) in [5.41, 5.74) is -0.232. The molecular formula is C26H31ClF3N7O3. The average Bonchev–Trinajstić information content (AvgIpc) is 3.32. The first kappa shape index (κ1) is 29.5. The molecule has 216 valence electrons. The van der Waals surface area contributed by atoms with Gasteiger partial charge in [-0.1, -0.05) is 12.1 Å². The first-order valence-corrected chi connectivity index (χ1v) is 13.1. The lowest BCUT2D eigenvalue weighted by atomic mass is 9.60. The minimum Gasteiger partial charge on any atom is -0.375 e. The molecule has 1 aliphatic rings. The van der Waals surface area contributed by atoms with Gasteiger partial charge >= 0.3 is 6.18 Å². The summed E-state index contributed by atoms with van der Waals surface area (Å²) in [6, 6.07) is 5.77. The average molecular weight is 582 g/mol. The summed E-state index contributed by atoms with van der Waals surface area (Å²) in [4.78, 5) is 33.5. The van der Waals surface area contributed by atoms with E-state index in [-0.39, 0.29) is 48.2 Å². The molecule has 0 bridgehead atoms. The summed E-state index contributed by atoms with van der Waals surface area (Å²) < 4.78 is 51.0. The van der Waals surface area contributed by atoms with Crippen molar-refractivity contribution < 1.29 is 27.5 Å². The highest BCUT2D eigenvalue weighted by atomic mass is 35.5. The number of fused-ring (bicyclic) bond motifs is 1. The topological polar surface area (TPSA) is 123 Å². The number of rotatable bonds is 8. The van der Waals surface area contributed by atoms with Crippen LogP contribution in [-0.2, 0) is 14.3 Å². The molecule has 0 unspecified atom stereocenters. The second-order valence-electron chi connectivity index (χ2n) is 9.87. The van der Waals surface area contributed by atoms with Gasteiger partial charge in [-0.05, 0) is 61.9 Å². The molecule has 0 spiro atoms. The Morgan fingerprint density at radius 1 is 1.15 bits per heavy atom. The van der Waals surface area contributed by atoms with Crippen molar-refractivity contribution in [2.75, 3.05) is 26.5 Å². The van der Waals surface area contributed by atoms with E-state index in [1.54, 1.807) is 6.92 Å². The van der Waals surface area contributed by atoms with Crippen molar-refractivity contribution in [1.29, 1.82) is 0 Å². The van der Waals surface area contributed by atoms with Crippen molar-refractivity contribution in [3.8, 4) is 0 Å². The number of aromatic nitrogens is 4. The Morgan fingerprint density at radius 2 is 1.80 bits per heavy atom. The van der Waals surface area contributed by atoms with E-state index in [4.69, 9.17) is 16.3 Å². The number of carbonyl (C=O) groups is 2. The Morgan fingerprint density at radius 3 is 2.35 bits per heavy atom. The lowest BCUT2D eigenvalue weighted by Crippen LogP contribution is -2.51. The Bertz CT molecular complexity index is 1370. The van der Waals surface area contributed by atoms with Gasteiger partial charge in [-0.25, -0.2) is 4.98 Å². The summed E-state index contributed by atoms with van der Waals surface area (Å²) in [7, 11) is 4.35. The van der Waals surface area contributed by atoms with Crippen LogP contribution < -0.4 is 16.0 Å². The summed E-state index contributed by atoms with van der Waals surface area (Å²) in [5, 5.41) is 12.3. The third-order valence-corrected chi connectivity index (χ3v) is 7.85. The number of halogens is 4. The molecule has 10 nitrogen and oxygen atoms in total. The number of nitrogens with zero attached hydrogens (tertiary/aromatic N) is 4. The first-order chi connectivity index (χ1) is 18.9. The maximum absolute atomic E-state index is 14.7. The van der Waals surface area contributed by atoms with E-state index in [0.29, 0.717) is 17.1 Å². The van der Waals surface area contributed by atoms with Gasteiger partial charge in [-0.15, -0.1) is 5.10 Å². The molecule has 0 radical (unpaired) electrons. The molecule has 1 aliphatic carbocycles. The van der Waals surface area contributed by atoms with Crippen LogP contribution in [0.5, 0.6) is 0 Å². The van der Waals surface area contributed by atoms with Crippen LogP contribution in [0.2, 0.25) is 5.28 Å². The number of alkyl halides is 3. The highest BCUT2D eigenvalue weighted by molar-refractivity contribution is 6.28. The zero-order valence-corrected chi connectivity index (χ0v) is 23.2. The Balaban J connectivity index is 1.68. The lowest BCUT2D eigenvalue weighted by Gasteiger charge is -2.44. The fourth-order valence-corrected chi connectivity index (χ4v) is 5.81. The second-order valence-corrected chi connectivity index (χ2v) is 10.2. The van der Waals surface area contributed by atoms with Crippen LogP contribution in [0.4, 0.5) is 24.5 Å². The Kier molecular flexibility index (Phi) is 8.55. The summed E-state index contributed by atoms with van der Waals surface area (Å²) in [5.74, 6) is -3.14. The van der Waals surface area contributed by atoms with E-state index < -0.39 is 35.4 Å². The number of hydrogen-bond acceptors (Lipinski definition) is 7. The number of ether oxygens (including phenoxy) is 1. The number of benzene rings is 1. The van der Waals surface area contributed by atoms with Crippen molar-refractivity contribution in [3.05, 3.63) is 47.0 Å². The maximum atomic E-state index is 14.7. The Hall–Kier alpha value is -3.45. The third kappa shape index (κ3) is 5.57. The second kappa shape index (κ2) is 11.6. The summed E-state index contributed by atoms with van der Waals surface area (Å²) in [6.45, 7) is 1.80. The minimum atomic E-state index is -4.70. The smallest absolute Gasteiger partial charge is 0.375 e. The molecule has 1 aromatic carbocycles. The van der Waals surface area contributed by atoms with Crippen molar-refractivity contribution in [2.24, 2.45) is 11.3 Å². The molecule has 2 heterocycles. The molecule has 3 N–H and O–H groups in total. The number of nitrogens with one attached hydrogen (secondary N) is 3. The third-order valence-electron chi connectivity index (χ3n) is 7.69. The van der Waals surface area contributed by atoms with Crippen LogP contribution in [0.25, 0.3) is 5.78 Å². The Labute approximate surface area is 234 Å². The molecule has 3 aromatic rings. The van der Waals surface area contributed by atoms with E-state index in [1.165, 1.54) is 56.2 Å². The van der Waals surface area contributed by atoms with Crippen LogP contribution in [0.1, 0.15) is 55.9 Å². The van der Waals surface area contributed by atoms with E-state index in [9.17, 15) is 22.8 Å². The number of carbonyl (C=O) groups excluding carboxylic acids is 2. The van der Waals surface area contributed by atoms with Gasteiger partial charge in [0.2, 0.25) is 17.1 Å². The molecule has 1 saturated carbocycles. The number of anilines is 2. The fourth-order valence-electron chi connectivity index (χ4n) is 5.66. The first-order valence-electron chi connectivity index (χ1n) is 12.8. The minimum absolute atomic E-state index is 0.00569. The van der Waals surface area contributed by atoms with E-state index >= 15 is 0 Å². The van der Waals surface area contributed by atoms with Crippen LogP contribution in [0, 0.1) is 11.3 Å². The molecule has 40 heavy (non-hydrogen) atoms. The number of hydrogen-bond donors (Lipinski definition) is 3. The molecule has 2 atom stereocenters. The lowest BCUT2D eigenvalue weighted by molar-refractivity contribution is -0.189. The molecule has 0 saturated heterocycles. The zero-order valence-electron chi connectivity index (χ0n) is 22.5. The van der Waals surface area contributed by atoms with Gasteiger partial charge in [0.1, 0.15) is 0 Å². The summed E-state index contributed by atoms with van der Waals surface area (Å²) >= 11 is 5.95. The molecular weight excluding hydrogens is 551 g/mol. The number of methoxy groups -OCH3 is 1. The van der Waals surface area contributed by atoms with Gasteiger partial charge in [-0.2, -0.15) is 22.7 Å². The predicted octanol–water partition coefficient (Wildman–Crippen LogP) is 4.54.